The molecule has 0 aromatic heterocycles. The first kappa shape index (κ1) is 42.0. The smallest absolute Gasteiger partial charge is 2.00 e. The third-order valence-corrected chi connectivity index (χ3v) is 1.26. The Balaban J connectivity index is -0.0000000634. The number of rotatable bonds is 2. The summed E-state index contributed by atoms with van der Waals surface area (Å²) in [5.74, 6) is 0. The van der Waals surface area contributed by atoms with Crippen molar-refractivity contribution < 1.29 is 44.7 Å². The number of benzene rings is 1. The Morgan fingerprint density at radius 3 is 1.23 bits per heavy atom. The van der Waals surface area contributed by atoms with E-state index < -0.39 is 7.81 Å². The molecule has 30 heavy (non-hydrogen) atoms. The van der Waals surface area contributed by atoms with Crippen LogP contribution in [0.2, 0.25) is 0 Å². The molecular weight excluding hydrogens is 520 g/mol. The van der Waals surface area contributed by atoms with E-state index in [2.05, 4.69) is 31.1 Å². The average Bonchev–Trinajstić information content (AvgIpc) is 2.47. The fraction of sp³-hybridized carbons (Fsp3) is 0.412. The second-order valence-corrected chi connectivity index (χ2v) is 6.39. The molecule has 0 fully saturated rings. The molecule has 1 rings (SSSR count). The molecule has 1 aromatic carbocycles. The number of nitriles is 4. The summed E-state index contributed by atoms with van der Waals surface area (Å²) in [6, 6.07) is 18.2. The first-order valence-corrected chi connectivity index (χ1v) is 9.33. The Kier molecular flexibility index (Phi) is 30.1. The van der Waals surface area contributed by atoms with Gasteiger partial charge in [-0.05, 0) is 14.1 Å². The maximum absolute atomic E-state index is 10.7. The van der Waals surface area contributed by atoms with Crippen molar-refractivity contribution in [2.45, 2.75) is 34.2 Å². The largest absolute Gasteiger partial charge is 2.00 e. The standard InChI is InChI=1S/C9H12N.4C2H3N.F6P.Ru/c1-10(2)8-9-6-4-3-5-7-9;4*1-2-3;1-7(2,3,4,5)6;/h3-6H,8H2,1-2H3;4*1H3;;/q-1;;;;;-1;+2. The van der Waals surface area contributed by atoms with Gasteiger partial charge in [0.15, 0.2) is 0 Å². The molecule has 0 aliphatic carbocycles. The fourth-order valence-corrected chi connectivity index (χ4v) is 0.870. The van der Waals surface area contributed by atoms with E-state index in [0.29, 0.717) is 0 Å². The van der Waals surface area contributed by atoms with Crippen LogP contribution in [-0.4, -0.2) is 19.0 Å². The molecule has 0 atom stereocenters. The van der Waals surface area contributed by atoms with Crippen molar-refractivity contribution in [1.82, 2.24) is 4.90 Å². The number of nitrogens with zero attached hydrogens (tertiary/aromatic N) is 5. The molecule has 5 nitrogen and oxygen atoms in total. The van der Waals surface area contributed by atoms with Gasteiger partial charge >= 0.3 is 52.5 Å². The van der Waals surface area contributed by atoms with Gasteiger partial charge in [0.2, 0.25) is 0 Å². The molecule has 0 unspecified atom stereocenters. The zero-order valence-electron chi connectivity index (χ0n) is 17.3. The predicted octanol–water partition coefficient (Wildman–Crippen LogP) is 7.05. The van der Waals surface area contributed by atoms with Gasteiger partial charge in [-0.25, -0.2) is 0 Å². The van der Waals surface area contributed by atoms with E-state index >= 15 is 0 Å². The summed E-state index contributed by atoms with van der Waals surface area (Å²) in [4.78, 5) is 2.13. The summed E-state index contributed by atoms with van der Waals surface area (Å²) in [5, 5.41) is 29.3. The minimum Gasteiger partial charge on any atom is 2.00 e. The normalized spacial score (nSPS) is 9.90. The molecule has 0 aliphatic heterocycles. The molecule has 0 amide bonds. The number of hydrogen-bond donors (Lipinski definition) is 0. The molecule has 0 radical (unpaired) electrons. The van der Waals surface area contributed by atoms with Crippen LogP contribution in [0.25, 0.3) is 0 Å². The first-order valence-electron chi connectivity index (χ1n) is 7.30. The van der Waals surface area contributed by atoms with Gasteiger partial charge in [-0.2, -0.15) is 51.4 Å². The topological polar surface area (TPSA) is 98.4 Å². The van der Waals surface area contributed by atoms with Crippen molar-refractivity contribution >= 4 is 7.81 Å². The van der Waals surface area contributed by atoms with Crippen LogP contribution >= 0.6 is 7.81 Å². The van der Waals surface area contributed by atoms with Crippen LogP contribution in [0.4, 0.5) is 25.2 Å². The van der Waals surface area contributed by atoms with Crippen molar-refractivity contribution in [3.63, 3.8) is 0 Å². The maximum Gasteiger partial charge on any atom is 2.00 e. The zero-order chi connectivity index (χ0) is 24.6. The van der Waals surface area contributed by atoms with Gasteiger partial charge in [0.05, 0.1) is 24.3 Å². The second-order valence-electron chi connectivity index (χ2n) is 4.48. The second kappa shape index (κ2) is 21.5. The van der Waals surface area contributed by atoms with Crippen molar-refractivity contribution in [2.24, 2.45) is 0 Å². The Morgan fingerprint density at radius 2 is 1.07 bits per heavy atom. The molecule has 0 heterocycles. The van der Waals surface area contributed by atoms with Crippen LogP contribution in [0.15, 0.2) is 24.3 Å². The summed E-state index contributed by atoms with van der Waals surface area (Å²) in [6.45, 7) is 6.70. The third-order valence-electron chi connectivity index (χ3n) is 1.26. The quantitative estimate of drug-likeness (QED) is 0.172. The first-order chi connectivity index (χ1) is 12.9. The van der Waals surface area contributed by atoms with Gasteiger partial charge < -0.3 is 4.90 Å². The van der Waals surface area contributed by atoms with E-state index in [1.165, 1.54) is 33.3 Å². The van der Waals surface area contributed by atoms with Gasteiger partial charge in [0.25, 0.3) is 0 Å². The number of hydrogen-bond acceptors (Lipinski definition) is 5. The van der Waals surface area contributed by atoms with Crippen molar-refractivity contribution in [1.29, 1.82) is 21.0 Å². The summed E-state index contributed by atoms with van der Waals surface area (Å²) in [6.07, 6.45) is 0. The van der Waals surface area contributed by atoms with E-state index in [1.807, 2.05) is 18.2 Å². The maximum atomic E-state index is 9.87. The zero-order valence-corrected chi connectivity index (χ0v) is 20.0. The molecule has 1 aromatic rings. The minimum atomic E-state index is -10.7. The van der Waals surface area contributed by atoms with Gasteiger partial charge in [0.1, 0.15) is 0 Å². The third kappa shape index (κ3) is 166. The van der Waals surface area contributed by atoms with Gasteiger partial charge in [-0.15, -0.1) is 5.56 Å². The summed E-state index contributed by atoms with van der Waals surface area (Å²) in [7, 11) is -6.54. The predicted molar refractivity (Wildman–Crippen MR) is 101 cm³/mol. The Hall–Kier alpha value is -2.23. The Bertz CT molecular complexity index is 610. The van der Waals surface area contributed by atoms with E-state index in [-0.39, 0.29) is 19.5 Å². The van der Waals surface area contributed by atoms with Crippen LogP contribution in [0, 0.1) is 51.4 Å². The molecule has 0 aliphatic rings. The monoisotopic (exact) mass is 545 g/mol. The van der Waals surface area contributed by atoms with Crippen LogP contribution in [0.1, 0.15) is 33.3 Å². The number of halogens is 6. The van der Waals surface area contributed by atoms with E-state index in [0.717, 1.165) is 6.54 Å². The summed E-state index contributed by atoms with van der Waals surface area (Å²) < 4.78 is 59.2. The molecule has 0 saturated carbocycles. The van der Waals surface area contributed by atoms with Crippen molar-refractivity contribution in [3.8, 4) is 24.3 Å². The Labute approximate surface area is 187 Å². The average molecular weight is 544 g/mol. The molecule has 0 saturated heterocycles. The summed E-state index contributed by atoms with van der Waals surface area (Å²) in [5.41, 5.74) is 1.24. The van der Waals surface area contributed by atoms with Gasteiger partial charge in [0, 0.05) is 34.2 Å². The SMILES string of the molecule is CC#N.CC#N.CC#N.CC#N.CN(C)Cc1[c-]cccc1.F[P-](F)(F)(F)(F)F.[Ru+2]. The van der Waals surface area contributed by atoms with E-state index in [9.17, 15) is 25.2 Å². The molecule has 172 valence electrons. The van der Waals surface area contributed by atoms with E-state index in [4.69, 9.17) is 21.0 Å². The van der Waals surface area contributed by atoms with Crippen LogP contribution in [0.5, 0.6) is 0 Å². The van der Waals surface area contributed by atoms with Gasteiger partial charge in [-0.1, -0.05) is 0 Å². The fourth-order valence-electron chi connectivity index (χ4n) is 0.870. The minimum absolute atomic E-state index is 0. The Morgan fingerprint density at radius 1 is 0.800 bits per heavy atom. The van der Waals surface area contributed by atoms with E-state index in [1.54, 1.807) is 24.3 Å². The molecule has 0 bridgehead atoms. The summed E-state index contributed by atoms with van der Waals surface area (Å²) >= 11 is 0. The van der Waals surface area contributed by atoms with Crippen molar-refractivity contribution in [3.05, 3.63) is 35.9 Å². The van der Waals surface area contributed by atoms with Crippen LogP contribution < -0.4 is 0 Å². The molecule has 0 spiro atoms. The molecule has 0 N–H and O–H groups in total. The van der Waals surface area contributed by atoms with Gasteiger partial charge in [-0.3, -0.25) is 0 Å². The molecule has 13 heteroatoms. The van der Waals surface area contributed by atoms with Crippen molar-refractivity contribution in [2.75, 3.05) is 14.1 Å². The van der Waals surface area contributed by atoms with Crippen LogP contribution in [-0.2, 0) is 26.0 Å². The van der Waals surface area contributed by atoms with Crippen LogP contribution in [0.3, 0.4) is 0 Å². The molecular formula is C17H24F6N5PRu.